The summed E-state index contributed by atoms with van der Waals surface area (Å²) in [5, 5.41) is 0.513. The second-order valence-electron chi connectivity index (χ2n) is 5.68. The molecule has 1 heterocycles. The Labute approximate surface area is 162 Å². The van der Waals surface area contributed by atoms with Gasteiger partial charge in [-0.3, -0.25) is 4.79 Å². The van der Waals surface area contributed by atoms with Crippen LogP contribution in [0.5, 0.6) is 5.75 Å². The van der Waals surface area contributed by atoms with Crippen molar-refractivity contribution in [2.45, 2.75) is 20.8 Å². The quantitative estimate of drug-likeness (QED) is 0.314. The number of ketones is 1. The van der Waals surface area contributed by atoms with Crippen molar-refractivity contribution < 1.29 is 23.9 Å². The Morgan fingerprint density at radius 3 is 2.26 bits per heavy atom. The van der Waals surface area contributed by atoms with Gasteiger partial charge in [0.2, 0.25) is 5.78 Å². The summed E-state index contributed by atoms with van der Waals surface area (Å²) in [6.07, 6.45) is 0. The van der Waals surface area contributed by atoms with Crippen molar-refractivity contribution in [2.75, 3.05) is 13.2 Å². The van der Waals surface area contributed by atoms with E-state index in [1.165, 1.54) is 4.57 Å². The summed E-state index contributed by atoms with van der Waals surface area (Å²) in [5.41, 5.74) is 1.09. The SMILES string of the molecule is CCOC(=O)C(=C=O)c1c(OCC)c(C)c(C(=O)c2ccc(Cl)cc2)n1C. The number of aromatic nitrogens is 1. The van der Waals surface area contributed by atoms with Crippen molar-refractivity contribution in [3.8, 4) is 5.75 Å². The maximum absolute atomic E-state index is 13.0. The van der Waals surface area contributed by atoms with Gasteiger partial charge in [0.05, 0.1) is 18.9 Å². The van der Waals surface area contributed by atoms with Gasteiger partial charge < -0.3 is 14.0 Å². The van der Waals surface area contributed by atoms with Crippen LogP contribution in [0.3, 0.4) is 0 Å². The number of carbonyl (C=O) groups excluding carboxylic acids is 3. The molecule has 0 bridgehead atoms. The van der Waals surface area contributed by atoms with E-state index in [1.54, 1.807) is 58.0 Å². The molecule has 2 aromatic rings. The summed E-state index contributed by atoms with van der Waals surface area (Å²) in [6, 6.07) is 6.46. The Morgan fingerprint density at radius 1 is 1.11 bits per heavy atom. The normalized spacial score (nSPS) is 10.3. The van der Waals surface area contributed by atoms with E-state index in [1.807, 2.05) is 0 Å². The van der Waals surface area contributed by atoms with Gasteiger partial charge in [0.25, 0.3) is 0 Å². The monoisotopic (exact) mass is 389 g/mol. The third-order valence-electron chi connectivity index (χ3n) is 4.01. The van der Waals surface area contributed by atoms with Crippen LogP contribution in [0.1, 0.15) is 41.2 Å². The third-order valence-corrected chi connectivity index (χ3v) is 4.26. The molecule has 0 N–H and O–H groups in total. The highest BCUT2D eigenvalue weighted by atomic mass is 35.5. The number of benzene rings is 1. The van der Waals surface area contributed by atoms with Crippen molar-refractivity contribution in [1.82, 2.24) is 4.57 Å². The molecule has 0 amide bonds. The van der Waals surface area contributed by atoms with Gasteiger partial charge in [-0.2, -0.15) is 0 Å². The maximum atomic E-state index is 13.0. The number of esters is 1. The zero-order valence-electron chi connectivity index (χ0n) is 15.6. The maximum Gasteiger partial charge on any atom is 0.351 e. The van der Waals surface area contributed by atoms with Crippen LogP contribution in [0.2, 0.25) is 5.02 Å². The first-order valence-electron chi connectivity index (χ1n) is 8.42. The topological polar surface area (TPSA) is 74.6 Å². The molecule has 142 valence electrons. The standard InChI is InChI=1S/C20H20ClNO5/c1-5-26-19-12(3)16(18(24)13-7-9-14(21)10-8-13)22(4)17(19)15(11-23)20(25)27-6-2/h7-10H,5-6H2,1-4H3. The minimum Gasteiger partial charge on any atom is -0.491 e. The van der Waals surface area contributed by atoms with Gasteiger partial charge in [0.1, 0.15) is 17.4 Å². The molecule has 1 aromatic heterocycles. The lowest BCUT2D eigenvalue weighted by molar-refractivity contribution is -0.136. The molecule has 0 unspecified atom stereocenters. The minimum absolute atomic E-state index is 0.105. The molecule has 1 aromatic carbocycles. The zero-order valence-corrected chi connectivity index (χ0v) is 16.3. The number of halogens is 1. The van der Waals surface area contributed by atoms with Crippen molar-refractivity contribution in [3.63, 3.8) is 0 Å². The highest BCUT2D eigenvalue weighted by Crippen LogP contribution is 2.35. The van der Waals surface area contributed by atoms with Crippen LogP contribution in [0.25, 0.3) is 5.57 Å². The summed E-state index contributed by atoms with van der Waals surface area (Å²) >= 11 is 5.89. The van der Waals surface area contributed by atoms with E-state index >= 15 is 0 Å². The lowest BCUT2D eigenvalue weighted by atomic mass is 10.1. The Morgan fingerprint density at radius 2 is 1.74 bits per heavy atom. The van der Waals surface area contributed by atoms with Gasteiger partial charge in [-0.15, -0.1) is 0 Å². The molecular formula is C20H20ClNO5. The fraction of sp³-hybridized carbons (Fsp3) is 0.300. The van der Waals surface area contributed by atoms with Crippen LogP contribution in [-0.2, 0) is 21.4 Å². The minimum atomic E-state index is -0.820. The molecule has 0 radical (unpaired) electrons. The fourth-order valence-electron chi connectivity index (χ4n) is 2.85. The largest absolute Gasteiger partial charge is 0.491 e. The Bertz CT molecular complexity index is 921. The Balaban J connectivity index is 2.67. The highest BCUT2D eigenvalue weighted by Gasteiger charge is 2.30. The lowest BCUT2D eigenvalue weighted by Gasteiger charge is -2.09. The molecule has 2 rings (SSSR count). The molecule has 0 saturated heterocycles. The van der Waals surface area contributed by atoms with Gasteiger partial charge in [0, 0.05) is 23.2 Å². The summed E-state index contributed by atoms with van der Waals surface area (Å²) < 4.78 is 12.0. The van der Waals surface area contributed by atoms with Crippen molar-refractivity contribution in [2.24, 2.45) is 7.05 Å². The van der Waals surface area contributed by atoms with Crippen LogP contribution >= 0.6 is 11.6 Å². The first kappa shape index (κ1) is 20.5. The van der Waals surface area contributed by atoms with Gasteiger partial charge in [-0.1, -0.05) is 11.6 Å². The van der Waals surface area contributed by atoms with E-state index in [9.17, 15) is 14.4 Å². The molecule has 0 saturated carbocycles. The van der Waals surface area contributed by atoms with E-state index in [2.05, 4.69) is 0 Å². The predicted octanol–water partition coefficient (Wildman–Crippen LogP) is 3.39. The average molecular weight is 390 g/mol. The highest BCUT2D eigenvalue weighted by molar-refractivity contribution is 6.30. The third kappa shape index (κ3) is 3.97. The first-order valence-corrected chi connectivity index (χ1v) is 8.79. The average Bonchev–Trinajstić information content (AvgIpc) is 2.87. The van der Waals surface area contributed by atoms with Crippen LogP contribution in [-0.4, -0.2) is 35.5 Å². The predicted molar refractivity (Wildman–Crippen MR) is 102 cm³/mol. The zero-order chi connectivity index (χ0) is 20.1. The second-order valence-corrected chi connectivity index (χ2v) is 6.11. The molecule has 0 atom stereocenters. The van der Waals surface area contributed by atoms with Crippen LogP contribution in [0, 0.1) is 6.92 Å². The molecule has 27 heavy (non-hydrogen) atoms. The van der Waals surface area contributed by atoms with E-state index in [4.69, 9.17) is 21.1 Å². The molecule has 0 spiro atoms. The number of nitrogens with zero attached hydrogens (tertiary/aromatic N) is 1. The Hall–Kier alpha value is -2.82. The van der Waals surface area contributed by atoms with Gasteiger partial charge in [-0.25, -0.2) is 9.59 Å². The van der Waals surface area contributed by atoms with Crippen molar-refractivity contribution in [1.29, 1.82) is 0 Å². The summed E-state index contributed by atoms with van der Waals surface area (Å²) in [5.74, 6) is 0.809. The summed E-state index contributed by atoms with van der Waals surface area (Å²) in [4.78, 5) is 36.7. The molecular weight excluding hydrogens is 370 g/mol. The van der Waals surface area contributed by atoms with Crippen molar-refractivity contribution >= 4 is 34.9 Å². The lowest BCUT2D eigenvalue weighted by Crippen LogP contribution is -2.14. The van der Waals surface area contributed by atoms with Crippen molar-refractivity contribution in [3.05, 3.63) is 51.8 Å². The molecule has 6 nitrogen and oxygen atoms in total. The van der Waals surface area contributed by atoms with E-state index < -0.39 is 5.97 Å². The summed E-state index contributed by atoms with van der Waals surface area (Å²) in [6.45, 7) is 5.50. The molecule has 0 aliphatic carbocycles. The number of rotatable bonds is 7. The fourth-order valence-corrected chi connectivity index (χ4v) is 2.98. The first-order chi connectivity index (χ1) is 12.9. The molecule has 0 aliphatic heterocycles. The molecule has 7 heteroatoms. The van der Waals surface area contributed by atoms with Gasteiger partial charge in [0.15, 0.2) is 5.57 Å². The molecule has 0 aliphatic rings. The van der Waals surface area contributed by atoms with Gasteiger partial charge in [-0.05, 0) is 45.0 Å². The summed E-state index contributed by atoms with van der Waals surface area (Å²) in [7, 11) is 1.59. The number of hydrogen-bond donors (Lipinski definition) is 0. The number of carbonyl (C=O) groups is 2. The van der Waals surface area contributed by atoms with Crippen LogP contribution < -0.4 is 4.74 Å². The van der Waals surface area contributed by atoms with Crippen LogP contribution in [0.4, 0.5) is 0 Å². The second kappa shape index (κ2) is 8.71. The van der Waals surface area contributed by atoms with E-state index in [-0.39, 0.29) is 29.4 Å². The van der Waals surface area contributed by atoms with E-state index in [0.717, 1.165) is 0 Å². The smallest absolute Gasteiger partial charge is 0.351 e. The van der Waals surface area contributed by atoms with Gasteiger partial charge >= 0.3 is 5.97 Å². The Kier molecular flexibility index (Phi) is 6.61. The number of ether oxygens (including phenoxy) is 2. The molecule has 0 fully saturated rings. The number of hydrogen-bond acceptors (Lipinski definition) is 5. The van der Waals surface area contributed by atoms with Crippen LogP contribution in [0.15, 0.2) is 24.3 Å². The van der Waals surface area contributed by atoms with E-state index in [0.29, 0.717) is 28.5 Å².